The van der Waals surface area contributed by atoms with Crippen LogP contribution in [-0.4, -0.2) is 96.5 Å². The number of hydrogen-bond donors (Lipinski definition) is 3. The van der Waals surface area contributed by atoms with E-state index in [0.29, 0.717) is 35.7 Å². The molecule has 2 aromatic carbocycles. The van der Waals surface area contributed by atoms with Crippen LogP contribution in [0.15, 0.2) is 30.3 Å². The molecule has 214 valence electrons. The van der Waals surface area contributed by atoms with Crippen LogP contribution in [-0.2, 0) is 17.8 Å². The molecule has 0 spiro atoms. The van der Waals surface area contributed by atoms with Crippen LogP contribution in [0, 0.1) is 11.7 Å². The minimum atomic E-state index is -0.434. The molecule has 10 nitrogen and oxygen atoms in total. The van der Waals surface area contributed by atoms with Crippen LogP contribution < -0.4 is 0 Å². The van der Waals surface area contributed by atoms with Gasteiger partial charge in [0.15, 0.2) is 5.82 Å². The van der Waals surface area contributed by atoms with Gasteiger partial charge in [-0.3, -0.25) is 9.69 Å². The molecule has 0 atom stereocenters. The van der Waals surface area contributed by atoms with Crippen molar-refractivity contribution in [3.05, 3.63) is 47.3 Å². The molecule has 11 heteroatoms. The Hall–Kier alpha value is -3.70. The lowest BCUT2D eigenvalue weighted by Gasteiger charge is -2.38. The van der Waals surface area contributed by atoms with Gasteiger partial charge in [-0.15, -0.1) is 5.10 Å². The van der Waals surface area contributed by atoms with E-state index in [2.05, 4.69) is 20.0 Å². The van der Waals surface area contributed by atoms with Crippen LogP contribution in [0.4, 0.5) is 4.39 Å². The number of rotatable bonds is 7. The minimum absolute atomic E-state index is 0.0368. The number of aromatic nitrogens is 3. The Labute approximate surface area is 233 Å². The molecule has 2 saturated heterocycles. The Bertz CT molecular complexity index is 1360. The number of carbonyl (C=O) groups excluding carboxylic acids is 1. The first-order chi connectivity index (χ1) is 19.2. The maximum atomic E-state index is 15.3. The molecule has 0 radical (unpaired) electrons. The first kappa shape index (κ1) is 27.9. The number of halogens is 1. The van der Waals surface area contributed by atoms with Crippen LogP contribution >= 0.6 is 0 Å². The molecule has 1 amide bonds. The van der Waals surface area contributed by atoms with Gasteiger partial charge in [-0.1, -0.05) is 18.1 Å². The Kier molecular flexibility index (Phi) is 8.22. The molecular weight excluding hydrogens is 515 g/mol. The molecular formula is C29H37FN6O4. The highest BCUT2D eigenvalue weighted by molar-refractivity contribution is 5.73. The third-order valence-electron chi connectivity index (χ3n) is 8.19. The van der Waals surface area contributed by atoms with E-state index in [-0.39, 0.29) is 28.8 Å². The van der Waals surface area contributed by atoms with Crippen molar-refractivity contribution in [2.24, 2.45) is 5.92 Å². The highest BCUT2D eigenvalue weighted by Crippen LogP contribution is 2.36. The minimum Gasteiger partial charge on any atom is -0.508 e. The molecule has 40 heavy (non-hydrogen) atoms. The molecule has 1 aromatic heterocycles. The molecule has 3 N–H and O–H groups in total. The Morgan fingerprint density at radius 3 is 2.27 bits per heavy atom. The van der Waals surface area contributed by atoms with Crippen molar-refractivity contribution in [1.82, 2.24) is 29.5 Å². The highest BCUT2D eigenvalue weighted by atomic mass is 19.1. The lowest BCUT2D eigenvalue weighted by Crippen LogP contribution is -2.48. The van der Waals surface area contributed by atoms with Crippen molar-refractivity contribution < 1.29 is 24.5 Å². The van der Waals surface area contributed by atoms with E-state index in [1.165, 1.54) is 16.7 Å². The number of benzene rings is 2. The molecule has 2 fully saturated rings. The van der Waals surface area contributed by atoms with Gasteiger partial charge in [0.05, 0.1) is 11.3 Å². The smallest absolute Gasteiger partial charge is 0.319 e. The number of phenolic OH excluding ortho intramolecular Hbond substituents is 2. The zero-order valence-corrected chi connectivity index (χ0v) is 23.1. The summed E-state index contributed by atoms with van der Waals surface area (Å²) in [5, 5.41) is 38.7. The number of phenols is 2. The second-order valence-electron chi connectivity index (χ2n) is 10.8. The van der Waals surface area contributed by atoms with Crippen LogP contribution in [0.1, 0.15) is 37.8 Å². The van der Waals surface area contributed by atoms with Gasteiger partial charge < -0.3 is 25.1 Å². The normalized spacial score (nSPS) is 17.4. The van der Waals surface area contributed by atoms with Crippen molar-refractivity contribution in [2.75, 3.05) is 45.8 Å². The predicted molar refractivity (Wildman–Crippen MR) is 148 cm³/mol. The zero-order chi connectivity index (χ0) is 28.4. The van der Waals surface area contributed by atoms with Crippen molar-refractivity contribution in [1.29, 1.82) is 0 Å². The zero-order valence-electron chi connectivity index (χ0n) is 23.1. The summed E-state index contributed by atoms with van der Waals surface area (Å²) < 4.78 is 16.6. The number of piperidine rings is 1. The van der Waals surface area contributed by atoms with Gasteiger partial charge in [0.25, 0.3) is 0 Å². The Balaban J connectivity index is 1.22. The quantitative estimate of drug-likeness (QED) is 0.409. The third-order valence-corrected chi connectivity index (χ3v) is 8.19. The molecule has 0 saturated carbocycles. The highest BCUT2D eigenvalue weighted by Gasteiger charge is 2.25. The van der Waals surface area contributed by atoms with Gasteiger partial charge in [0.1, 0.15) is 17.3 Å². The van der Waals surface area contributed by atoms with Crippen LogP contribution in [0.2, 0.25) is 0 Å². The molecule has 0 aliphatic carbocycles. The summed E-state index contributed by atoms with van der Waals surface area (Å²) in [6.07, 6.45) is 2.62. The van der Waals surface area contributed by atoms with E-state index < -0.39 is 11.8 Å². The standard InChI is InChI=1S/C29H37FN6O4/c1-3-21-14-24(27(39)16-26(21)38)28-31-32-29(40)36(28)23-5-4-22(25(30)15-23)18-34-12-10-33(11-13-34)17-20-6-8-35(9-7-20)19(2)37/h4-5,14-16,20,38-39H,3,6-13,17-18H2,1-2H3,(H,32,40). The van der Waals surface area contributed by atoms with Crippen molar-refractivity contribution >= 4 is 5.91 Å². The van der Waals surface area contributed by atoms with Crippen LogP contribution in [0.5, 0.6) is 17.5 Å². The van der Waals surface area contributed by atoms with Gasteiger partial charge in [-0.2, -0.15) is 0 Å². The van der Waals surface area contributed by atoms with E-state index in [0.717, 1.165) is 58.7 Å². The summed E-state index contributed by atoms with van der Waals surface area (Å²) in [5.74, 6) is 0.253. The fourth-order valence-corrected chi connectivity index (χ4v) is 5.74. The molecule has 3 heterocycles. The molecule has 0 unspecified atom stereocenters. The van der Waals surface area contributed by atoms with E-state index in [9.17, 15) is 20.1 Å². The van der Waals surface area contributed by atoms with E-state index in [4.69, 9.17) is 0 Å². The molecule has 3 aromatic rings. The largest absolute Gasteiger partial charge is 0.508 e. The van der Waals surface area contributed by atoms with Gasteiger partial charge in [0.2, 0.25) is 5.91 Å². The second-order valence-corrected chi connectivity index (χ2v) is 10.8. The molecule has 0 bridgehead atoms. The van der Waals surface area contributed by atoms with Crippen LogP contribution in [0.25, 0.3) is 17.1 Å². The van der Waals surface area contributed by atoms with Gasteiger partial charge in [0, 0.05) is 70.9 Å². The third kappa shape index (κ3) is 5.90. The first-order valence-electron chi connectivity index (χ1n) is 13.9. The summed E-state index contributed by atoms with van der Waals surface area (Å²) in [6, 6.07) is 7.12. The summed E-state index contributed by atoms with van der Waals surface area (Å²) in [7, 11) is 0. The maximum absolute atomic E-state index is 15.3. The average molecular weight is 553 g/mol. The van der Waals surface area contributed by atoms with Crippen LogP contribution in [0.3, 0.4) is 0 Å². The fourth-order valence-electron chi connectivity index (χ4n) is 5.74. The van der Waals surface area contributed by atoms with Gasteiger partial charge >= 0.3 is 6.01 Å². The SMILES string of the molecule is CCc1cc(-c2nnc(O)n2-c2ccc(CN3CCN(CC4CCN(C(C)=O)CC4)CC3)c(F)c2)c(O)cc1O. The number of piperazine rings is 1. The Morgan fingerprint density at radius 2 is 1.62 bits per heavy atom. The van der Waals surface area contributed by atoms with Crippen molar-refractivity contribution in [2.45, 2.75) is 39.7 Å². The monoisotopic (exact) mass is 552 g/mol. The van der Waals surface area contributed by atoms with Gasteiger partial charge in [-0.05, 0) is 48.9 Å². The van der Waals surface area contributed by atoms with E-state index in [1.807, 2.05) is 11.8 Å². The van der Waals surface area contributed by atoms with Crippen molar-refractivity contribution in [3.63, 3.8) is 0 Å². The topological polar surface area (TPSA) is 118 Å². The second kappa shape index (κ2) is 11.8. The number of aryl methyl sites for hydroxylation is 1. The molecule has 5 rings (SSSR count). The van der Waals surface area contributed by atoms with Crippen molar-refractivity contribution in [3.8, 4) is 34.6 Å². The number of aromatic hydroxyl groups is 3. The summed E-state index contributed by atoms with van der Waals surface area (Å²) in [6.45, 7) is 10.3. The number of hydrogen-bond acceptors (Lipinski definition) is 8. The summed E-state index contributed by atoms with van der Waals surface area (Å²) >= 11 is 0. The average Bonchev–Trinajstić information content (AvgIpc) is 3.32. The lowest BCUT2D eigenvalue weighted by molar-refractivity contribution is -0.130. The first-order valence-corrected chi connectivity index (χ1v) is 13.9. The van der Waals surface area contributed by atoms with E-state index in [1.54, 1.807) is 25.1 Å². The van der Waals surface area contributed by atoms with Gasteiger partial charge in [-0.25, -0.2) is 8.96 Å². The number of amides is 1. The van der Waals surface area contributed by atoms with E-state index >= 15 is 4.39 Å². The summed E-state index contributed by atoms with van der Waals surface area (Å²) in [4.78, 5) is 18.2. The number of nitrogens with zero attached hydrogens (tertiary/aromatic N) is 6. The fraction of sp³-hybridized carbons (Fsp3) is 0.483. The Morgan fingerprint density at radius 1 is 0.925 bits per heavy atom. The number of likely N-dealkylation sites (tertiary alicyclic amines) is 1. The lowest BCUT2D eigenvalue weighted by atomic mass is 9.96. The predicted octanol–water partition coefficient (Wildman–Crippen LogP) is 3.13. The molecule has 2 aliphatic heterocycles. The summed E-state index contributed by atoms with van der Waals surface area (Å²) in [5.41, 5.74) is 1.75. The molecule has 2 aliphatic rings. The number of carbonyl (C=O) groups is 1. The maximum Gasteiger partial charge on any atom is 0.319 e.